The van der Waals surface area contributed by atoms with Crippen molar-refractivity contribution in [3.8, 4) is 5.75 Å². The third-order valence-corrected chi connectivity index (χ3v) is 5.21. The lowest BCUT2D eigenvalue weighted by molar-refractivity contribution is 0.415. The summed E-state index contributed by atoms with van der Waals surface area (Å²) in [6.07, 6.45) is 1.36. The fourth-order valence-corrected chi connectivity index (χ4v) is 3.78. The van der Waals surface area contributed by atoms with Crippen molar-refractivity contribution in [2.75, 3.05) is 11.8 Å². The molecule has 8 heteroatoms. The number of rotatable bonds is 4. The van der Waals surface area contributed by atoms with Crippen molar-refractivity contribution in [3.05, 3.63) is 52.9 Å². The molecule has 0 radical (unpaired) electrons. The molecule has 0 fully saturated rings. The Morgan fingerprint density at radius 2 is 2.00 bits per heavy atom. The summed E-state index contributed by atoms with van der Waals surface area (Å²) < 4.78 is 46.8. The zero-order chi connectivity index (χ0) is 16.6. The fraction of sp³-hybridized carbons (Fsp3) is 0.0667. The number of H-pyrrole nitrogens is 1. The molecule has 0 saturated carbocycles. The van der Waals surface area contributed by atoms with Crippen molar-refractivity contribution >= 4 is 42.5 Å². The van der Waals surface area contributed by atoms with E-state index in [4.69, 9.17) is 4.74 Å². The van der Waals surface area contributed by atoms with Gasteiger partial charge in [-0.25, -0.2) is 12.8 Å². The first-order chi connectivity index (χ1) is 10.9. The number of hydrogen-bond acceptors (Lipinski definition) is 3. The maximum Gasteiger partial charge on any atom is 0.264 e. The molecule has 0 spiro atoms. The second-order valence-corrected chi connectivity index (χ2v) is 7.36. The van der Waals surface area contributed by atoms with E-state index >= 15 is 0 Å². The van der Waals surface area contributed by atoms with E-state index in [0.29, 0.717) is 21.1 Å². The van der Waals surface area contributed by atoms with Gasteiger partial charge in [-0.1, -0.05) is 15.9 Å². The number of fused-ring (bicyclic) bond motifs is 1. The van der Waals surface area contributed by atoms with Crippen molar-refractivity contribution in [3.63, 3.8) is 0 Å². The largest absolute Gasteiger partial charge is 0.497 e. The van der Waals surface area contributed by atoms with Crippen LogP contribution in [0.5, 0.6) is 5.75 Å². The number of benzene rings is 2. The maximum atomic E-state index is 13.9. The van der Waals surface area contributed by atoms with Crippen LogP contribution in [0.1, 0.15) is 0 Å². The maximum absolute atomic E-state index is 13.9. The van der Waals surface area contributed by atoms with E-state index in [0.717, 1.165) is 0 Å². The van der Waals surface area contributed by atoms with Crippen LogP contribution in [0, 0.1) is 5.82 Å². The van der Waals surface area contributed by atoms with Crippen LogP contribution < -0.4 is 9.46 Å². The molecule has 120 valence electrons. The quantitative estimate of drug-likeness (QED) is 0.700. The average Bonchev–Trinajstić information content (AvgIpc) is 2.93. The highest BCUT2D eigenvalue weighted by Gasteiger charge is 2.20. The van der Waals surface area contributed by atoms with E-state index in [1.54, 1.807) is 24.3 Å². The molecule has 0 aliphatic heterocycles. The minimum Gasteiger partial charge on any atom is -0.497 e. The van der Waals surface area contributed by atoms with Gasteiger partial charge in [-0.15, -0.1) is 0 Å². The van der Waals surface area contributed by atoms with Crippen LogP contribution in [0.4, 0.5) is 10.1 Å². The molecule has 0 saturated heterocycles. The molecule has 5 nitrogen and oxygen atoms in total. The normalized spacial score (nSPS) is 11.6. The second-order valence-electron chi connectivity index (χ2n) is 4.79. The van der Waals surface area contributed by atoms with Gasteiger partial charge in [0.1, 0.15) is 16.5 Å². The van der Waals surface area contributed by atoms with Gasteiger partial charge in [-0.05, 0) is 30.3 Å². The van der Waals surface area contributed by atoms with Gasteiger partial charge in [0.05, 0.1) is 18.3 Å². The predicted octanol–water partition coefficient (Wildman–Crippen LogP) is 3.88. The van der Waals surface area contributed by atoms with E-state index < -0.39 is 15.8 Å². The molecule has 0 atom stereocenters. The van der Waals surface area contributed by atoms with E-state index in [-0.39, 0.29) is 10.6 Å². The van der Waals surface area contributed by atoms with Gasteiger partial charge in [0, 0.05) is 22.1 Å². The minimum atomic E-state index is -3.93. The summed E-state index contributed by atoms with van der Waals surface area (Å²) in [4.78, 5) is 2.92. The molecule has 3 aromatic rings. The molecule has 0 aliphatic carbocycles. The van der Waals surface area contributed by atoms with Gasteiger partial charge in [0.15, 0.2) is 0 Å². The molecular weight excluding hydrogens is 387 g/mol. The Labute approximate surface area is 140 Å². The summed E-state index contributed by atoms with van der Waals surface area (Å²) in [7, 11) is -2.40. The van der Waals surface area contributed by atoms with Crippen LogP contribution in [0.3, 0.4) is 0 Å². The Morgan fingerprint density at radius 1 is 1.22 bits per heavy atom. The van der Waals surface area contributed by atoms with E-state index in [1.807, 2.05) is 0 Å². The first-order valence-corrected chi connectivity index (χ1v) is 8.81. The Balaban J connectivity index is 2.02. The van der Waals surface area contributed by atoms with Crippen molar-refractivity contribution in [1.82, 2.24) is 4.98 Å². The highest BCUT2D eigenvalue weighted by Crippen LogP contribution is 2.28. The lowest BCUT2D eigenvalue weighted by Crippen LogP contribution is -2.13. The molecule has 2 N–H and O–H groups in total. The number of nitrogens with one attached hydrogen (secondary N) is 2. The number of anilines is 1. The lowest BCUT2D eigenvalue weighted by atomic mass is 10.2. The Morgan fingerprint density at radius 3 is 2.70 bits per heavy atom. The van der Waals surface area contributed by atoms with Crippen molar-refractivity contribution in [2.24, 2.45) is 0 Å². The number of aromatic nitrogens is 1. The average molecular weight is 399 g/mol. The van der Waals surface area contributed by atoms with Crippen LogP contribution in [-0.2, 0) is 10.0 Å². The first kappa shape index (κ1) is 15.8. The third-order valence-electron chi connectivity index (χ3n) is 3.32. The van der Waals surface area contributed by atoms with Crippen LogP contribution in [-0.4, -0.2) is 20.5 Å². The van der Waals surface area contributed by atoms with Crippen molar-refractivity contribution in [1.29, 1.82) is 0 Å². The van der Waals surface area contributed by atoms with Crippen molar-refractivity contribution in [2.45, 2.75) is 4.90 Å². The van der Waals surface area contributed by atoms with E-state index in [2.05, 4.69) is 25.6 Å². The summed E-state index contributed by atoms with van der Waals surface area (Å²) in [5.41, 5.74) is 0.497. The number of aromatic amines is 1. The Hall–Kier alpha value is -2.06. The highest BCUT2D eigenvalue weighted by atomic mass is 79.9. The lowest BCUT2D eigenvalue weighted by Gasteiger charge is -2.08. The van der Waals surface area contributed by atoms with Crippen LogP contribution in [0.25, 0.3) is 10.9 Å². The number of sulfonamides is 1. The fourth-order valence-electron chi connectivity index (χ4n) is 2.20. The van der Waals surface area contributed by atoms with Crippen LogP contribution in [0.15, 0.2) is 52.0 Å². The Kier molecular flexibility index (Phi) is 4.03. The van der Waals surface area contributed by atoms with Crippen molar-refractivity contribution < 1.29 is 17.5 Å². The van der Waals surface area contributed by atoms with E-state index in [9.17, 15) is 12.8 Å². The first-order valence-electron chi connectivity index (χ1n) is 6.54. The van der Waals surface area contributed by atoms with Gasteiger partial charge in [0.25, 0.3) is 10.0 Å². The number of halogens is 2. The molecule has 0 unspecified atom stereocenters. The van der Waals surface area contributed by atoms with E-state index in [1.165, 1.54) is 25.4 Å². The molecule has 23 heavy (non-hydrogen) atoms. The molecule has 3 rings (SSSR count). The summed E-state index contributed by atoms with van der Waals surface area (Å²) >= 11 is 3.13. The molecule has 0 amide bonds. The number of methoxy groups -OCH3 is 1. The minimum absolute atomic E-state index is 0.0393. The van der Waals surface area contributed by atoms with Gasteiger partial charge in [0.2, 0.25) is 0 Å². The monoisotopic (exact) mass is 398 g/mol. The second kappa shape index (κ2) is 5.86. The molecule has 0 bridgehead atoms. The number of hydrogen-bond donors (Lipinski definition) is 2. The SMILES string of the molecule is COc1ccc2c(S(=O)(=O)Nc3ccc(Br)cc3F)c[nH]c2c1. The zero-order valence-electron chi connectivity index (χ0n) is 11.9. The van der Waals surface area contributed by atoms with Crippen LogP contribution in [0.2, 0.25) is 0 Å². The summed E-state index contributed by atoms with van der Waals surface area (Å²) in [6, 6.07) is 9.09. The predicted molar refractivity (Wildman–Crippen MR) is 89.8 cm³/mol. The highest BCUT2D eigenvalue weighted by molar-refractivity contribution is 9.10. The summed E-state index contributed by atoms with van der Waals surface area (Å²) in [6.45, 7) is 0. The molecule has 1 aromatic heterocycles. The standard InChI is InChI=1S/C15H12BrFN2O3S/c1-22-10-3-4-11-14(7-10)18-8-15(11)23(20,21)19-13-5-2-9(16)6-12(13)17/h2-8,18-19H,1H3. The van der Waals surface area contributed by atoms with Gasteiger partial charge >= 0.3 is 0 Å². The summed E-state index contributed by atoms with van der Waals surface area (Å²) in [5.74, 6) is -0.0559. The van der Waals surface area contributed by atoms with Gasteiger partial charge in [-0.3, -0.25) is 4.72 Å². The summed E-state index contributed by atoms with van der Waals surface area (Å²) in [5, 5.41) is 0.496. The topological polar surface area (TPSA) is 71.2 Å². The number of ether oxygens (including phenoxy) is 1. The Bertz CT molecular complexity index is 986. The molecular formula is C15H12BrFN2O3S. The molecule has 1 heterocycles. The van der Waals surface area contributed by atoms with Crippen LogP contribution >= 0.6 is 15.9 Å². The smallest absolute Gasteiger partial charge is 0.264 e. The molecule has 2 aromatic carbocycles. The zero-order valence-corrected chi connectivity index (χ0v) is 14.3. The third kappa shape index (κ3) is 3.04. The van der Waals surface area contributed by atoms with Gasteiger partial charge in [-0.2, -0.15) is 0 Å². The molecule has 0 aliphatic rings. The van der Waals surface area contributed by atoms with Gasteiger partial charge < -0.3 is 9.72 Å².